The molecule has 4 fully saturated rings. The van der Waals surface area contributed by atoms with Gasteiger partial charge in [0, 0.05) is 63.6 Å². The predicted molar refractivity (Wildman–Crippen MR) is 202 cm³/mol. The van der Waals surface area contributed by atoms with E-state index in [2.05, 4.69) is 54.4 Å². The van der Waals surface area contributed by atoms with Crippen LogP contribution in [0.15, 0.2) is 48.7 Å². The first-order chi connectivity index (χ1) is 26.1. The summed E-state index contributed by atoms with van der Waals surface area (Å²) in [5, 5.41) is 5.53. The Morgan fingerprint density at radius 1 is 0.870 bits per heavy atom. The predicted octanol–water partition coefficient (Wildman–Crippen LogP) is 2.18. The number of nitrogens with one attached hydrogen (secondary N) is 2. The fourth-order valence-corrected chi connectivity index (χ4v) is 8.50. The van der Waals surface area contributed by atoms with Crippen LogP contribution in [-0.4, -0.2) is 126 Å². The van der Waals surface area contributed by atoms with Crippen LogP contribution in [0.25, 0.3) is 0 Å². The first kappa shape index (κ1) is 35.6. The lowest BCUT2D eigenvalue weighted by Gasteiger charge is -2.34. The van der Waals surface area contributed by atoms with Crippen LogP contribution in [0.5, 0.6) is 0 Å². The van der Waals surface area contributed by atoms with Gasteiger partial charge in [0.15, 0.2) is 11.5 Å². The van der Waals surface area contributed by atoms with Gasteiger partial charge in [0.05, 0.1) is 17.3 Å². The maximum absolute atomic E-state index is 13.3. The highest BCUT2D eigenvalue weighted by Gasteiger charge is 2.45. The topological polar surface area (TPSA) is 177 Å². The maximum Gasteiger partial charge on any atom is 0.271 e. The van der Waals surface area contributed by atoms with E-state index in [4.69, 9.17) is 10.7 Å². The zero-order valence-electron chi connectivity index (χ0n) is 30.5. The van der Waals surface area contributed by atoms with Crippen molar-refractivity contribution in [2.24, 2.45) is 11.7 Å². The summed E-state index contributed by atoms with van der Waals surface area (Å²) in [5.74, 6) is -0.543. The number of anilines is 4. The molecule has 282 valence electrons. The Balaban J connectivity index is 0.833. The smallest absolute Gasteiger partial charge is 0.271 e. The molecule has 6 heterocycles. The molecule has 2 aromatic carbocycles. The van der Waals surface area contributed by atoms with Crippen LogP contribution in [0.3, 0.4) is 0 Å². The second-order valence-electron chi connectivity index (χ2n) is 15.2. The molecule has 3 aromatic rings. The van der Waals surface area contributed by atoms with Crippen molar-refractivity contribution in [1.82, 2.24) is 30.0 Å². The fraction of sp³-hybridized carbons (Fsp3) is 0.462. The Morgan fingerprint density at radius 2 is 1.61 bits per heavy atom. The van der Waals surface area contributed by atoms with Crippen molar-refractivity contribution >= 4 is 52.5 Å². The third kappa shape index (κ3) is 7.12. The number of piperazine rings is 1. The van der Waals surface area contributed by atoms with Gasteiger partial charge in [0.2, 0.25) is 11.8 Å². The molecule has 0 radical (unpaired) electrons. The summed E-state index contributed by atoms with van der Waals surface area (Å²) in [5.41, 5.74) is 9.39. The minimum absolute atomic E-state index is 0.0955. The van der Waals surface area contributed by atoms with Crippen molar-refractivity contribution < 1.29 is 24.0 Å². The van der Waals surface area contributed by atoms with Crippen molar-refractivity contribution in [3.05, 3.63) is 71.0 Å². The van der Waals surface area contributed by atoms with Gasteiger partial charge in [0.1, 0.15) is 11.9 Å². The SMILES string of the molecule is CN1CCN(c2cnc(C(N)=O)c(Nc3ccc(C4CCN(C[C@H]5CCN(c6ccc7c(c6)C(=O)N(C6CCC(=O)NC6=O)C7=O)C5)CC4)cc3)n2)CC1. The van der Waals surface area contributed by atoms with Gasteiger partial charge in [-0.1, -0.05) is 12.1 Å². The van der Waals surface area contributed by atoms with Crippen LogP contribution in [-0.2, 0) is 9.59 Å². The molecule has 54 heavy (non-hydrogen) atoms. The zero-order valence-corrected chi connectivity index (χ0v) is 30.5. The van der Waals surface area contributed by atoms with Gasteiger partial charge >= 0.3 is 0 Å². The van der Waals surface area contributed by atoms with Crippen molar-refractivity contribution in [2.75, 3.05) is 81.1 Å². The van der Waals surface area contributed by atoms with E-state index in [1.54, 1.807) is 18.3 Å². The lowest BCUT2D eigenvalue weighted by molar-refractivity contribution is -0.136. The molecule has 1 aromatic heterocycles. The molecule has 2 atom stereocenters. The first-order valence-electron chi connectivity index (χ1n) is 18.9. The number of likely N-dealkylation sites (tertiary alicyclic amines) is 1. The van der Waals surface area contributed by atoms with Crippen molar-refractivity contribution in [2.45, 2.75) is 44.1 Å². The number of carbonyl (C=O) groups excluding carboxylic acids is 5. The Hall–Kier alpha value is -5.41. The van der Waals surface area contributed by atoms with Gasteiger partial charge in [-0.05, 0) is 93.6 Å². The molecule has 0 bridgehead atoms. The molecule has 0 aliphatic carbocycles. The summed E-state index contributed by atoms with van der Waals surface area (Å²) in [7, 11) is 2.10. The number of fused-ring (bicyclic) bond motifs is 1. The number of hydrogen-bond acceptors (Lipinski definition) is 12. The lowest BCUT2D eigenvalue weighted by Crippen LogP contribution is -2.54. The van der Waals surface area contributed by atoms with E-state index in [9.17, 15) is 24.0 Å². The van der Waals surface area contributed by atoms with Gasteiger partial charge in [-0.25, -0.2) is 9.97 Å². The summed E-state index contributed by atoms with van der Waals surface area (Å²) in [6.45, 7) is 8.32. The molecular weight excluding hydrogens is 688 g/mol. The number of nitrogens with zero attached hydrogens (tertiary/aromatic N) is 7. The summed E-state index contributed by atoms with van der Waals surface area (Å²) in [4.78, 5) is 82.1. The number of rotatable bonds is 9. The average Bonchev–Trinajstić information content (AvgIpc) is 3.74. The van der Waals surface area contributed by atoms with E-state index in [0.717, 1.165) is 100 Å². The molecule has 15 nitrogen and oxygen atoms in total. The largest absolute Gasteiger partial charge is 0.371 e. The van der Waals surface area contributed by atoms with E-state index in [-0.39, 0.29) is 24.4 Å². The van der Waals surface area contributed by atoms with E-state index in [1.165, 1.54) is 5.56 Å². The van der Waals surface area contributed by atoms with Gasteiger partial charge < -0.3 is 30.7 Å². The van der Waals surface area contributed by atoms with Crippen molar-refractivity contribution in [3.8, 4) is 0 Å². The number of imide groups is 2. The Kier molecular flexibility index (Phi) is 9.75. The molecule has 4 saturated heterocycles. The van der Waals surface area contributed by atoms with Gasteiger partial charge in [-0.2, -0.15) is 0 Å². The van der Waals surface area contributed by atoms with E-state index in [0.29, 0.717) is 28.8 Å². The molecule has 0 spiro atoms. The van der Waals surface area contributed by atoms with Gasteiger partial charge in [-0.15, -0.1) is 0 Å². The van der Waals surface area contributed by atoms with Crippen LogP contribution < -0.4 is 26.2 Å². The number of carbonyl (C=O) groups is 5. The number of piperidine rings is 2. The third-order valence-electron chi connectivity index (χ3n) is 11.6. The van der Waals surface area contributed by atoms with Gasteiger partial charge in [-0.3, -0.25) is 34.2 Å². The minimum atomic E-state index is -0.968. The Bertz CT molecular complexity index is 1970. The van der Waals surface area contributed by atoms with Crippen LogP contribution in [0.4, 0.5) is 23.0 Å². The molecule has 5 amide bonds. The van der Waals surface area contributed by atoms with Gasteiger partial charge in [0.25, 0.3) is 17.7 Å². The van der Waals surface area contributed by atoms with Crippen LogP contribution in [0.2, 0.25) is 0 Å². The van der Waals surface area contributed by atoms with Crippen molar-refractivity contribution in [3.63, 3.8) is 0 Å². The number of nitrogens with two attached hydrogens (primary N) is 1. The maximum atomic E-state index is 13.3. The number of likely N-dealkylation sites (N-methyl/N-ethyl adjacent to an activating group) is 1. The molecule has 8 rings (SSSR count). The van der Waals surface area contributed by atoms with Crippen LogP contribution >= 0.6 is 0 Å². The lowest BCUT2D eigenvalue weighted by atomic mass is 9.89. The summed E-state index contributed by atoms with van der Waals surface area (Å²) < 4.78 is 0. The van der Waals surface area contributed by atoms with Crippen LogP contribution in [0, 0.1) is 5.92 Å². The normalized spacial score (nSPS) is 22.9. The number of aromatic nitrogens is 2. The second kappa shape index (κ2) is 14.8. The molecule has 5 aliphatic heterocycles. The fourth-order valence-electron chi connectivity index (χ4n) is 8.50. The Labute approximate surface area is 313 Å². The number of benzene rings is 2. The summed E-state index contributed by atoms with van der Waals surface area (Å²) >= 11 is 0. The molecule has 5 aliphatic rings. The Morgan fingerprint density at radius 3 is 2.33 bits per heavy atom. The van der Waals surface area contributed by atoms with E-state index >= 15 is 0 Å². The van der Waals surface area contributed by atoms with E-state index < -0.39 is 29.7 Å². The minimum Gasteiger partial charge on any atom is -0.371 e. The molecule has 0 saturated carbocycles. The quantitative estimate of drug-likeness (QED) is 0.274. The number of hydrogen-bond donors (Lipinski definition) is 3. The summed E-state index contributed by atoms with van der Waals surface area (Å²) in [6.07, 6.45) is 5.04. The highest BCUT2D eigenvalue weighted by Crippen LogP contribution is 2.34. The van der Waals surface area contributed by atoms with E-state index in [1.807, 2.05) is 18.2 Å². The molecule has 4 N–H and O–H groups in total. The standard InChI is InChI=1S/C39H46N10O5/c1-45-16-18-47(19-17-45)32-21-41-34(35(40)51)36(43-32)42-27-4-2-25(3-5-27)26-11-13-46(14-12-26)22-24-10-15-48(23-24)28-6-7-29-30(20-28)39(54)49(38(29)53)31-8-9-33(50)44-37(31)52/h2-7,20-21,24,26,31H,8-19,22-23H2,1H3,(H2,40,51)(H,42,43)(H,44,50,52)/t24-,31?/m1/s1. The molecule has 15 heteroatoms. The first-order valence-corrected chi connectivity index (χ1v) is 18.9. The van der Waals surface area contributed by atoms with Crippen molar-refractivity contribution in [1.29, 1.82) is 0 Å². The van der Waals surface area contributed by atoms with Crippen LogP contribution in [0.1, 0.15) is 74.8 Å². The average molecular weight is 735 g/mol. The highest BCUT2D eigenvalue weighted by molar-refractivity contribution is 6.23. The number of amides is 5. The monoisotopic (exact) mass is 734 g/mol. The second-order valence-corrected chi connectivity index (χ2v) is 15.2. The molecular formula is C39H46N10O5. The summed E-state index contributed by atoms with van der Waals surface area (Å²) in [6, 6.07) is 12.8. The molecule has 1 unspecified atom stereocenters. The third-order valence-corrected chi connectivity index (χ3v) is 11.6. The number of primary amides is 1. The zero-order chi connectivity index (χ0) is 37.5. The highest BCUT2D eigenvalue weighted by atomic mass is 16.2.